The van der Waals surface area contributed by atoms with E-state index in [0.717, 1.165) is 5.56 Å². The maximum absolute atomic E-state index is 11.3. The number of nitrogens with two attached hydrogens (primary N) is 1. The van der Waals surface area contributed by atoms with Crippen molar-refractivity contribution in [3.8, 4) is 17.6 Å². The fraction of sp³-hybridized carbons (Fsp3) is 0.385. The van der Waals surface area contributed by atoms with E-state index in [1.54, 1.807) is 12.1 Å². The Hall–Kier alpha value is -1.51. The number of hydrogen-bond acceptors (Lipinski definition) is 4. The van der Waals surface area contributed by atoms with Crippen LogP contribution in [-0.4, -0.2) is 32.6 Å². The van der Waals surface area contributed by atoms with Crippen LogP contribution in [0.25, 0.3) is 0 Å². The van der Waals surface area contributed by atoms with Crippen LogP contribution in [-0.2, 0) is 9.84 Å². The molecule has 0 saturated carbocycles. The molecule has 1 heterocycles. The van der Waals surface area contributed by atoms with Crippen LogP contribution in [0.15, 0.2) is 24.3 Å². The lowest BCUT2D eigenvalue weighted by Gasteiger charge is -2.11. The Kier molecular flexibility index (Phi) is 3.90. The fourth-order valence-corrected chi connectivity index (χ4v) is 3.41. The van der Waals surface area contributed by atoms with Crippen molar-refractivity contribution in [3.05, 3.63) is 29.8 Å². The van der Waals surface area contributed by atoms with Gasteiger partial charge in [-0.3, -0.25) is 0 Å². The van der Waals surface area contributed by atoms with Crippen molar-refractivity contribution < 1.29 is 13.2 Å². The molecule has 1 aromatic rings. The standard InChI is InChI=1S/C13H15NO3S/c14-8-1-2-11-3-5-12(6-4-11)17-13-7-9-18(15,16)10-13/h3-6,13H,7-10,14H2. The van der Waals surface area contributed by atoms with Crippen LogP contribution in [0.2, 0.25) is 0 Å². The minimum atomic E-state index is -2.90. The number of hydrogen-bond donors (Lipinski definition) is 1. The molecule has 0 radical (unpaired) electrons. The van der Waals surface area contributed by atoms with E-state index in [1.165, 1.54) is 0 Å². The lowest BCUT2D eigenvalue weighted by molar-refractivity contribution is 0.229. The normalized spacial score (nSPS) is 21.1. The minimum Gasteiger partial charge on any atom is -0.489 e. The van der Waals surface area contributed by atoms with Crippen molar-refractivity contribution in [2.75, 3.05) is 18.1 Å². The van der Waals surface area contributed by atoms with Crippen LogP contribution in [0.3, 0.4) is 0 Å². The van der Waals surface area contributed by atoms with Gasteiger partial charge >= 0.3 is 0 Å². The highest BCUT2D eigenvalue weighted by Gasteiger charge is 2.29. The quantitative estimate of drug-likeness (QED) is 0.793. The van der Waals surface area contributed by atoms with Gasteiger partial charge in [-0.15, -0.1) is 0 Å². The van der Waals surface area contributed by atoms with Gasteiger partial charge in [0.05, 0.1) is 18.1 Å². The van der Waals surface area contributed by atoms with Gasteiger partial charge in [0.1, 0.15) is 11.9 Å². The summed E-state index contributed by atoms with van der Waals surface area (Å²) in [5, 5.41) is 0. The van der Waals surface area contributed by atoms with Crippen molar-refractivity contribution in [3.63, 3.8) is 0 Å². The van der Waals surface area contributed by atoms with Crippen LogP contribution in [0, 0.1) is 11.8 Å². The van der Waals surface area contributed by atoms with Crippen molar-refractivity contribution >= 4 is 9.84 Å². The lowest BCUT2D eigenvalue weighted by Crippen LogP contribution is -2.17. The Labute approximate surface area is 107 Å². The molecule has 1 fully saturated rings. The van der Waals surface area contributed by atoms with Crippen LogP contribution in [0.4, 0.5) is 0 Å². The monoisotopic (exact) mass is 265 g/mol. The lowest BCUT2D eigenvalue weighted by atomic mass is 10.2. The third-order valence-corrected chi connectivity index (χ3v) is 4.42. The zero-order valence-electron chi connectivity index (χ0n) is 9.93. The zero-order valence-corrected chi connectivity index (χ0v) is 10.7. The average Bonchev–Trinajstić information content (AvgIpc) is 2.68. The molecule has 18 heavy (non-hydrogen) atoms. The topological polar surface area (TPSA) is 69.4 Å². The van der Waals surface area contributed by atoms with Gasteiger partial charge in [0.2, 0.25) is 0 Å². The predicted octanol–water partition coefficient (Wildman–Crippen LogP) is 0.563. The smallest absolute Gasteiger partial charge is 0.154 e. The zero-order chi connectivity index (χ0) is 13.0. The Morgan fingerprint density at radius 1 is 1.33 bits per heavy atom. The average molecular weight is 265 g/mol. The van der Waals surface area contributed by atoms with E-state index in [1.807, 2.05) is 12.1 Å². The number of ether oxygens (including phenoxy) is 1. The molecule has 1 atom stereocenters. The Bertz CT molecular complexity index is 566. The van der Waals surface area contributed by atoms with Crippen LogP contribution in [0.5, 0.6) is 5.75 Å². The molecule has 1 aliphatic rings. The second-order valence-electron chi connectivity index (χ2n) is 4.17. The van der Waals surface area contributed by atoms with Crippen LogP contribution >= 0.6 is 0 Å². The second-order valence-corrected chi connectivity index (χ2v) is 6.40. The maximum Gasteiger partial charge on any atom is 0.154 e. The summed E-state index contributed by atoms with van der Waals surface area (Å²) in [6.45, 7) is 0.332. The van der Waals surface area contributed by atoms with Gasteiger partial charge in [0.15, 0.2) is 9.84 Å². The first-order chi connectivity index (χ1) is 8.59. The molecule has 1 saturated heterocycles. The molecule has 5 heteroatoms. The molecule has 2 N–H and O–H groups in total. The molecule has 1 aliphatic heterocycles. The third-order valence-electron chi connectivity index (χ3n) is 2.68. The first-order valence-electron chi connectivity index (χ1n) is 5.75. The van der Waals surface area contributed by atoms with E-state index >= 15 is 0 Å². The summed E-state index contributed by atoms with van der Waals surface area (Å²) < 4.78 is 28.2. The maximum atomic E-state index is 11.3. The highest BCUT2D eigenvalue weighted by molar-refractivity contribution is 7.91. The number of sulfone groups is 1. The molecule has 1 aromatic carbocycles. The van der Waals surface area contributed by atoms with Gasteiger partial charge in [0, 0.05) is 5.56 Å². The summed E-state index contributed by atoms with van der Waals surface area (Å²) >= 11 is 0. The molecule has 96 valence electrons. The van der Waals surface area contributed by atoms with E-state index in [-0.39, 0.29) is 17.6 Å². The molecule has 0 spiro atoms. The highest BCUT2D eigenvalue weighted by Crippen LogP contribution is 2.20. The second kappa shape index (κ2) is 5.42. The van der Waals surface area contributed by atoms with Crippen molar-refractivity contribution in [1.29, 1.82) is 0 Å². The highest BCUT2D eigenvalue weighted by atomic mass is 32.2. The van der Waals surface area contributed by atoms with Gasteiger partial charge in [0.25, 0.3) is 0 Å². The SMILES string of the molecule is NCC#Cc1ccc(OC2CCS(=O)(=O)C2)cc1. The number of rotatable bonds is 2. The molecular weight excluding hydrogens is 250 g/mol. The van der Waals surface area contributed by atoms with Gasteiger partial charge in [-0.2, -0.15) is 0 Å². The van der Waals surface area contributed by atoms with Crippen molar-refractivity contribution in [2.24, 2.45) is 5.73 Å². The molecule has 0 amide bonds. The van der Waals surface area contributed by atoms with Crippen LogP contribution < -0.4 is 10.5 Å². The fourth-order valence-electron chi connectivity index (χ4n) is 1.82. The Balaban J connectivity index is 1.99. The minimum absolute atomic E-state index is 0.113. The van der Waals surface area contributed by atoms with E-state index < -0.39 is 9.84 Å². The largest absolute Gasteiger partial charge is 0.489 e. The molecule has 0 bridgehead atoms. The van der Waals surface area contributed by atoms with Crippen LogP contribution in [0.1, 0.15) is 12.0 Å². The summed E-state index contributed by atoms with van der Waals surface area (Å²) in [6, 6.07) is 7.26. The first kappa shape index (κ1) is 12.9. The van der Waals surface area contributed by atoms with E-state index in [4.69, 9.17) is 10.5 Å². The summed E-state index contributed by atoms with van der Waals surface area (Å²) in [4.78, 5) is 0. The van der Waals surface area contributed by atoms with Gasteiger partial charge in [-0.05, 0) is 30.7 Å². The molecule has 1 unspecified atom stereocenters. The van der Waals surface area contributed by atoms with Gasteiger partial charge in [-0.25, -0.2) is 8.42 Å². The van der Waals surface area contributed by atoms with Gasteiger partial charge < -0.3 is 10.5 Å². The van der Waals surface area contributed by atoms with E-state index in [2.05, 4.69) is 11.8 Å². The molecular formula is C13H15NO3S. The third kappa shape index (κ3) is 3.49. The van der Waals surface area contributed by atoms with Crippen molar-refractivity contribution in [2.45, 2.75) is 12.5 Å². The molecule has 4 nitrogen and oxygen atoms in total. The Morgan fingerprint density at radius 2 is 2.06 bits per heavy atom. The van der Waals surface area contributed by atoms with Gasteiger partial charge in [-0.1, -0.05) is 11.8 Å². The summed E-state index contributed by atoms with van der Waals surface area (Å²) in [7, 11) is -2.90. The molecule has 0 aliphatic carbocycles. The van der Waals surface area contributed by atoms with E-state index in [9.17, 15) is 8.42 Å². The molecule has 2 rings (SSSR count). The predicted molar refractivity (Wildman–Crippen MR) is 70.1 cm³/mol. The Morgan fingerprint density at radius 3 is 2.61 bits per heavy atom. The van der Waals surface area contributed by atoms with Crippen molar-refractivity contribution in [1.82, 2.24) is 0 Å². The number of benzene rings is 1. The first-order valence-corrected chi connectivity index (χ1v) is 7.57. The summed E-state index contributed by atoms with van der Waals surface area (Å²) in [5.41, 5.74) is 6.15. The molecule has 0 aromatic heterocycles. The van der Waals surface area contributed by atoms with E-state index in [0.29, 0.717) is 18.7 Å². The summed E-state index contributed by atoms with van der Waals surface area (Å²) in [5.74, 6) is 6.69. The summed E-state index contributed by atoms with van der Waals surface area (Å²) in [6.07, 6.45) is 0.341.